The number of esters is 1. The van der Waals surface area contributed by atoms with Crippen LogP contribution in [0.25, 0.3) is 0 Å². The first-order chi connectivity index (χ1) is 23.2. The standard InChI is InChI=1S/C38H49N3O5S2/c1-5-23-46-34(43)25-33(42)35(27(3)6-2)41-37(45)32(40-36(44)31(39)22-24-47-4)26-48-38(28-16-10-7-11-17-28,29-18-12-8-13-19-29)30-20-14-9-15-21-30/h5,7-21,27,31-33,35,42H,1,6,22-26,39H2,2-4H3,(H,40,44)(H,41,45)/t27-,31+,32+,33-,35+/m0/s1. The number of benzene rings is 3. The summed E-state index contributed by atoms with van der Waals surface area (Å²) in [6.45, 7) is 7.42. The van der Waals surface area contributed by atoms with Crippen molar-refractivity contribution in [2.45, 2.75) is 62.1 Å². The highest BCUT2D eigenvalue weighted by Crippen LogP contribution is 2.48. The van der Waals surface area contributed by atoms with Gasteiger partial charge in [-0.15, -0.1) is 11.8 Å². The molecule has 0 saturated carbocycles. The predicted molar refractivity (Wildman–Crippen MR) is 198 cm³/mol. The van der Waals surface area contributed by atoms with E-state index in [1.54, 1.807) is 11.8 Å². The highest BCUT2D eigenvalue weighted by Gasteiger charge is 2.39. The molecule has 2 amide bonds. The summed E-state index contributed by atoms with van der Waals surface area (Å²) in [7, 11) is 0. The molecule has 0 fully saturated rings. The molecule has 258 valence electrons. The number of nitrogens with two attached hydrogens (primary N) is 1. The van der Waals surface area contributed by atoms with Crippen molar-refractivity contribution >= 4 is 41.3 Å². The van der Waals surface area contributed by atoms with Crippen LogP contribution in [0.4, 0.5) is 0 Å². The summed E-state index contributed by atoms with van der Waals surface area (Å²) in [6, 6.07) is 27.7. The molecule has 10 heteroatoms. The smallest absolute Gasteiger partial charge is 0.308 e. The van der Waals surface area contributed by atoms with Crippen molar-refractivity contribution in [1.82, 2.24) is 10.6 Å². The minimum Gasteiger partial charge on any atom is -0.461 e. The van der Waals surface area contributed by atoms with Gasteiger partial charge in [0.1, 0.15) is 12.6 Å². The summed E-state index contributed by atoms with van der Waals surface area (Å²) in [4.78, 5) is 40.0. The van der Waals surface area contributed by atoms with E-state index in [1.165, 1.54) is 17.8 Å². The molecule has 0 unspecified atom stereocenters. The summed E-state index contributed by atoms with van der Waals surface area (Å²) >= 11 is 3.13. The van der Waals surface area contributed by atoms with E-state index in [0.717, 1.165) is 16.7 Å². The van der Waals surface area contributed by atoms with E-state index in [2.05, 4.69) is 53.6 Å². The number of ether oxygens (including phenoxy) is 1. The number of thioether (sulfide) groups is 2. The third kappa shape index (κ3) is 10.7. The summed E-state index contributed by atoms with van der Waals surface area (Å²) in [5.41, 5.74) is 9.30. The Morgan fingerprint density at radius 1 is 0.917 bits per heavy atom. The average Bonchev–Trinajstić information content (AvgIpc) is 3.12. The van der Waals surface area contributed by atoms with Crippen LogP contribution in [-0.4, -0.2) is 71.5 Å². The van der Waals surface area contributed by atoms with Crippen LogP contribution in [0.3, 0.4) is 0 Å². The Morgan fingerprint density at radius 3 is 1.90 bits per heavy atom. The highest BCUT2D eigenvalue weighted by molar-refractivity contribution is 8.00. The summed E-state index contributed by atoms with van der Waals surface area (Å²) < 4.78 is 4.35. The molecule has 0 aliphatic heterocycles. The van der Waals surface area contributed by atoms with Crippen LogP contribution in [-0.2, 0) is 23.9 Å². The number of carbonyl (C=O) groups excluding carboxylic acids is 3. The SMILES string of the molecule is C=CCOC(=O)C[C@H](O)[C@H](NC(=O)[C@@H](CSC(c1ccccc1)(c1ccccc1)c1ccccc1)NC(=O)[C@H](N)CCSC)[C@@H](C)CC. The van der Waals surface area contributed by atoms with Crippen molar-refractivity contribution in [3.8, 4) is 0 Å². The van der Waals surface area contributed by atoms with E-state index >= 15 is 0 Å². The van der Waals surface area contributed by atoms with E-state index in [9.17, 15) is 19.5 Å². The van der Waals surface area contributed by atoms with E-state index in [0.29, 0.717) is 18.6 Å². The molecule has 3 aromatic carbocycles. The minimum atomic E-state index is -1.20. The second-order valence-corrected chi connectivity index (χ2v) is 13.9. The molecular weight excluding hydrogens is 643 g/mol. The Kier molecular flexibility index (Phi) is 16.2. The minimum absolute atomic E-state index is 0.0278. The Bertz CT molecular complexity index is 1330. The number of aliphatic hydroxyl groups is 1. The first kappa shape index (κ1) is 38.9. The van der Waals surface area contributed by atoms with E-state index in [4.69, 9.17) is 10.5 Å². The Balaban J connectivity index is 2.03. The summed E-state index contributed by atoms with van der Waals surface area (Å²) in [5.74, 6) is -0.799. The van der Waals surface area contributed by atoms with Crippen LogP contribution in [0, 0.1) is 5.92 Å². The normalized spacial score (nSPS) is 14.5. The molecule has 0 heterocycles. The quantitative estimate of drug-likeness (QED) is 0.0715. The lowest BCUT2D eigenvalue weighted by atomic mass is 9.84. The molecule has 3 rings (SSSR count). The van der Waals surface area contributed by atoms with Crippen LogP contribution in [0.2, 0.25) is 0 Å². The zero-order valence-corrected chi connectivity index (χ0v) is 29.7. The molecule has 0 aromatic heterocycles. The summed E-state index contributed by atoms with van der Waals surface area (Å²) in [6.07, 6.45) is 2.99. The van der Waals surface area contributed by atoms with Gasteiger partial charge in [-0.05, 0) is 41.0 Å². The van der Waals surface area contributed by atoms with Crippen molar-refractivity contribution in [1.29, 1.82) is 0 Å². The van der Waals surface area contributed by atoms with Crippen LogP contribution in [0.15, 0.2) is 104 Å². The largest absolute Gasteiger partial charge is 0.461 e. The maximum atomic E-state index is 14.2. The first-order valence-corrected chi connectivity index (χ1v) is 18.7. The topological polar surface area (TPSA) is 131 Å². The lowest BCUT2D eigenvalue weighted by Crippen LogP contribution is -2.57. The maximum absolute atomic E-state index is 14.2. The third-order valence-corrected chi connectivity index (χ3v) is 10.6. The maximum Gasteiger partial charge on any atom is 0.308 e. The second kappa shape index (κ2) is 20.1. The number of amides is 2. The van der Waals surface area contributed by atoms with Crippen LogP contribution in [0.1, 0.15) is 49.8 Å². The molecule has 0 aliphatic carbocycles. The fourth-order valence-electron chi connectivity index (χ4n) is 5.46. The van der Waals surface area contributed by atoms with Crippen molar-refractivity contribution in [2.75, 3.05) is 24.4 Å². The Labute approximate surface area is 293 Å². The van der Waals surface area contributed by atoms with Crippen LogP contribution < -0.4 is 16.4 Å². The molecule has 0 bridgehead atoms. The van der Waals surface area contributed by atoms with Crippen molar-refractivity contribution in [3.05, 3.63) is 120 Å². The first-order valence-electron chi connectivity index (χ1n) is 16.3. The van der Waals surface area contributed by atoms with Crippen molar-refractivity contribution in [3.63, 3.8) is 0 Å². The van der Waals surface area contributed by atoms with Gasteiger partial charge in [-0.1, -0.05) is 124 Å². The van der Waals surface area contributed by atoms with Gasteiger partial charge in [0.2, 0.25) is 11.8 Å². The number of hydrogen-bond donors (Lipinski definition) is 4. The van der Waals surface area contributed by atoms with Crippen LogP contribution >= 0.6 is 23.5 Å². The fourth-order valence-corrected chi connectivity index (χ4v) is 7.51. The number of hydrogen-bond acceptors (Lipinski definition) is 8. The van der Waals surface area contributed by atoms with Gasteiger partial charge in [0, 0.05) is 5.75 Å². The molecule has 8 nitrogen and oxygen atoms in total. The zero-order valence-electron chi connectivity index (χ0n) is 28.0. The van der Waals surface area contributed by atoms with Crippen LogP contribution in [0.5, 0.6) is 0 Å². The van der Waals surface area contributed by atoms with E-state index < -0.39 is 46.8 Å². The average molecular weight is 692 g/mol. The molecule has 0 radical (unpaired) electrons. The van der Waals surface area contributed by atoms with E-state index in [-0.39, 0.29) is 24.7 Å². The van der Waals surface area contributed by atoms with Gasteiger partial charge in [-0.3, -0.25) is 14.4 Å². The van der Waals surface area contributed by atoms with Gasteiger partial charge in [-0.2, -0.15) is 11.8 Å². The lowest BCUT2D eigenvalue weighted by Gasteiger charge is -2.37. The van der Waals surface area contributed by atoms with Gasteiger partial charge in [0.05, 0.1) is 29.4 Å². The highest BCUT2D eigenvalue weighted by atomic mass is 32.2. The monoisotopic (exact) mass is 691 g/mol. The molecule has 3 aromatic rings. The third-order valence-electron chi connectivity index (χ3n) is 8.33. The number of nitrogens with one attached hydrogen (secondary N) is 2. The second-order valence-electron chi connectivity index (χ2n) is 11.7. The van der Waals surface area contributed by atoms with Gasteiger partial charge in [-0.25, -0.2) is 0 Å². The fraction of sp³-hybridized carbons (Fsp3) is 0.395. The number of carbonyl (C=O) groups is 3. The lowest BCUT2D eigenvalue weighted by molar-refractivity contribution is -0.145. The van der Waals surface area contributed by atoms with Crippen molar-refractivity contribution < 1.29 is 24.2 Å². The predicted octanol–water partition coefficient (Wildman–Crippen LogP) is 5.29. The van der Waals surface area contributed by atoms with Gasteiger partial charge < -0.3 is 26.2 Å². The Hall–Kier alpha value is -3.57. The summed E-state index contributed by atoms with van der Waals surface area (Å²) in [5, 5.41) is 17.0. The molecule has 48 heavy (non-hydrogen) atoms. The van der Waals surface area contributed by atoms with Gasteiger partial charge in [0.15, 0.2) is 0 Å². The number of aliphatic hydroxyl groups excluding tert-OH is 1. The molecule has 5 atom stereocenters. The van der Waals surface area contributed by atoms with E-state index in [1.807, 2.05) is 74.7 Å². The molecule has 0 saturated heterocycles. The Morgan fingerprint density at radius 2 is 1.44 bits per heavy atom. The van der Waals surface area contributed by atoms with Gasteiger partial charge in [0.25, 0.3) is 0 Å². The molecule has 0 aliphatic rings. The van der Waals surface area contributed by atoms with Gasteiger partial charge >= 0.3 is 5.97 Å². The molecule has 5 N–H and O–H groups in total. The number of rotatable bonds is 20. The molecule has 0 spiro atoms. The molecular formula is C38H49N3O5S2. The zero-order chi connectivity index (χ0) is 34.9. The van der Waals surface area contributed by atoms with Crippen molar-refractivity contribution in [2.24, 2.45) is 11.7 Å².